The van der Waals surface area contributed by atoms with Crippen molar-refractivity contribution in [1.29, 1.82) is 0 Å². The molecule has 1 aromatic carbocycles. The third-order valence-electron chi connectivity index (χ3n) is 5.06. The number of carbonyl (C=O) groups excluding carboxylic acids is 1. The predicted octanol–water partition coefficient (Wildman–Crippen LogP) is 2.40. The van der Waals surface area contributed by atoms with Crippen molar-refractivity contribution >= 4 is 12.1 Å². The van der Waals surface area contributed by atoms with Crippen LogP contribution in [0.2, 0.25) is 0 Å². The Hall–Kier alpha value is -3.13. The summed E-state index contributed by atoms with van der Waals surface area (Å²) >= 11 is 0. The number of piperazine rings is 1. The lowest BCUT2D eigenvalue weighted by atomic mass is 10.1. The minimum atomic E-state index is -1.04. The Morgan fingerprint density at radius 3 is 2.26 bits per heavy atom. The second kappa shape index (κ2) is 9.34. The van der Waals surface area contributed by atoms with Gasteiger partial charge in [0.05, 0.1) is 6.54 Å². The number of pyridine rings is 1. The van der Waals surface area contributed by atoms with Crippen LogP contribution in [0.25, 0.3) is 0 Å². The van der Waals surface area contributed by atoms with Crippen molar-refractivity contribution in [3.63, 3.8) is 0 Å². The monoisotopic (exact) mass is 427 g/mol. The molecule has 1 amide bonds. The molecule has 1 aliphatic heterocycles. The van der Waals surface area contributed by atoms with Gasteiger partial charge in [-0.3, -0.25) is 14.6 Å². The van der Waals surface area contributed by atoms with E-state index in [2.05, 4.69) is 0 Å². The molecule has 166 valence electrons. The molecule has 0 aliphatic carbocycles. The highest BCUT2D eigenvalue weighted by Crippen LogP contribution is 2.18. The minimum absolute atomic E-state index is 0.0471. The van der Waals surface area contributed by atoms with E-state index in [0.29, 0.717) is 26.2 Å². The average molecular weight is 428 g/mol. The molecule has 0 saturated carbocycles. The number of aliphatic carboxylic acids is 1. The summed E-state index contributed by atoms with van der Waals surface area (Å²) < 4.78 is 7.00. The van der Waals surface area contributed by atoms with Crippen LogP contribution in [0.3, 0.4) is 0 Å². The van der Waals surface area contributed by atoms with Gasteiger partial charge in [-0.15, -0.1) is 0 Å². The first-order valence-electron chi connectivity index (χ1n) is 10.3. The molecule has 1 unspecified atom stereocenters. The number of carboxylic acids is 1. The Balaban J connectivity index is 1.62. The number of rotatable bonds is 5. The summed E-state index contributed by atoms with van der Waals surface area (Å²) in [5, 5.41) is 9.63. The quantitative estimate of drug-likeness (QED) is 0.788. The van der Waals surface area contributed by atoms with Gasteiger partial charge in [0.15, 0.2) is 0 Å². The van der Waals surface area contributed by atoms with Gasteiger partial charge in [-0.25, -0.2) is 9.59 Å². The number of hydrogen-bond donors (Lipinski definition) is 1. The van der Waals surface area contributed by atoms with Crippen LogP contribution in [0, 0.1) is 0 Å². The predicted molar refractivity (Wildman–Crippen MR) is 116 cm³/mol. The topological polar surface area (TPSA) is 92.1 Å². The van der Waals surface area contributed by atoms with Crippen LogP contribution in [0.4, 0.5) is 4.79 Å². The fourth-order valence-corrected chi connectivity index (χ4v) is 3.53. The lowest BCUT2D eigenvalue weighted by molar-refractivity contribution is -0.145. The van der Waals surface area contributed by atoms with Gasteiger partial charge in [-0.05, 0) is 38.0 Å². The van der Waals surface area contributed by atoms with Crippen molar-refractivity contribution < 1.29 is 19.4 Å². The lowest BCUT2D eigenvalue weighted by Gasteiger charge is -2.39. The van der Waals surface area contributed by atoms with E-state index in [4.69, 9.17) is 4.74 Å². The van der Waals surface area contributed by atoms with E-state index in [-0.39, 0.29) is 12.1 Å². The van der Waals surface area contributed by atoms with E-state index in [1.165, 1.54) is 11.0 Å². The fourth-order valence-electron chi connectivity index (χ4n) is 3.53. The molecule has 1 N–H and O–H groups in total. The van der Waals surface area contributed by atoms with E-state index in [9.17, 15) is 19.5 Å². The Morgan fingerprint density at radius 1 is 1.03 bits per heavy atom. The largest absolute Gasteiger partial charge is 0.480 e. The van der Waals surface area contributed by atoms with Crippen LogP contribution >= 0.6 is 0 Å². The SMILES string of the molecule is CC(C)(C)OC(=O)N1CCN(Cc2ccc(Cn3ccccc3=O)cc2)CC1C(=O)O. The Kier molecular flexibility index (Phi) is 6.80. The maximum Gasteiger partial charge on any atom is 0.411 e. The highest BCUT2D eigenvalue weighted by Gasteiger charge is 2.37. The normalized spacial score (nSPS) is 17.4. The average Bonchev–Trinajstić information content (AvgIpc) is 2.70. The van der Waals surface area contributed by atoms with Gasteiger partial charge in [0.1, 0.15) is 11.6 Å². The zero-order chi connectivity index (χ0) is 22.6. The minimum Gasteiger partial charge on any atom is -0.480 e. The van der Waals surface area contributed by atoms with Crippen molar-refractivity contribution in [3.05, 3.63) is 70.1 Å². The number of amides is 1. The van der Waals surface area contributed by atoms with E-state index in [1.54, 1.807) is 37.6 Å². The van der Waals surface area contributed by atoms with Gasteiger partial charge < -0.3 is 14.4 Å². The summed E-state index contributed by atoms with van der Waals surface area (Å²) in [6, 6.07) is 12.0. The molecule has 1 atom stereocenters. The maximum absolute atomic E-state index is 12.4. The molecule has 3 rings (SSSR count). The maximum atomic E-state index is 12.4. The number of nitrogens with zero attached hydrogens (tertiary/aromatic N) is 3. The van der Waals surface area contributed by atoms with Crippen molar-refractivity contribution in [3.8, 4) is 0 Å². The first-order chi connectivity index (χ1) is 14.6. The second-order valence-corrected chi connectivity index (χ2v) is 8.75. The highest BCUT2D eigenvalue weighted by molar-refractivity contribution is 5.80. The van der Waals surface area contributed by atoms with E-state index in [1.807, 2.05) is 35.2 Å². The summed E-state index contributed by atoms with van der Waals surface area (Å²) in [6.45, 7) is 7.44. The van der Waals surface area contributed by atoms with Gasteiger partial charge in [0.2, 0.25) is 0 Å². The highest BCUT2D eigenvalue weighted by atomic mass is 16.6. The molecule has 0 spiro atoms. The fraction of sp³-hybridized carbons (Fsp3) is 0.435. The molecule has 0 bridgehead atoms. The number of carbonyl (C=O) groups is 2. The third kappa shape index (κ3) is 6.18. The van der Waals surface area contributed by atoms with Crippen molar-refractivity contribution in [2.75, 3.05) is 19.6 Å². The number of carboxylic acid groups (broad SMARTS) is 1. The Morgan fingerprint density at radius 2 is 1.68 bits per heavy atom. The molecule has 31 heavy (non-hydrogen) atoms. The van der Waals surface area contributed by atoms with Gasteiger partial charge in [0, 0.05) is 38.4 Å². The molecule has 2 aromatic rings. The number of ether oxygens (including phenoxy) is 1. The smallest absolute Gasteiger partial charge is 0.411 e. The van der Waals surface area contributed by atoms with Crippen LogP contribution < -0.4 is 5.56 Å². The molecule has 1 saturated heterocycles. The Bertz CT molecular complexity index is 978. The first kappa shape index (κ1) is 22.6. The lowest BCUT2D eigenvalue weighted by Crippen LogP contribution is -2.58. The van der Waals surface area contributed by atoms with Crippen LogP contribution in [-0.4, -0.2) is 62.8 Å². The van der Waals surface area contributed by atoms with Crippen LogP contribution in [0.15, 0.2) is 53.5 Å². The zero-order valence-corrected chi connectivity index (χ0v) is 18.2. The second-order valence-electron chi connectivity index (χ2n) is 8.75. The summed E-state index contributed by atoms with van der Waals surface area (Å²) in [5.74, 6) is -1.04. The van der Waals surface area contributed by atoms with E-state index >= 15 is 0 Å². The molecule has 2 heterocycles. The molecule has 0 radical (unpaired) electrons. The van der Waals surface area contributed by atoms with Crippen molar-refractivity contribution in [1.82, 2.24) is 14.4 Å². The number of hydrogen-bond acceptors (Lipinski definition) is 5. The summed E-state index contributed by atoms with van der Waals surface area (Å²) in [4.78, 5) is 39.4. The van der Waals surface area contributed by atoms with Gasteiger partial charge in [-0.2, -0.15) is 0 Å². The number of benzene rings is 1. The van der Waals surface area contributed by atoms with Gasteiger partial charge >= 0.3 is 12.1 Å². The standard InChI is InChI=1S/C23H29N3O5/c1-23(2,3)31-22(30)26-13-12-24(16-19(26)21(28)29)14-17-7-9-18(10-8-17)15-25-11-5-4-6-20(25)27/h4-11,19H,12-16H2,1-3H3,(H,28,29). The van der Waals surface area contributed by atoms with Crippen molar-refractivity contribution in [2.24, 2.45) is 0 Å². The summed E-state index contributed by atoms with van der Waals surface area (Å²) in [5.41, 5.74) is 1.33. The molecule has 8 nitrogen and oxygen atoms in total. The Labute approximate surface area is 181 Å². The summed E-state index contributed by atoms with van der Waals surface area (Å²) in [7, 11) is 0. The molecular formula is C23H29N3O5. The van der Waals surface area contributed by atoms with Crippen molar-refractivity contribution in [2.45, 2.75) is 45.5 Å². The molecule has 1 aliphatic rings. The van der Waals surface area contributed by atoms with Crippen LogP contribution in [0.5, 0.6) is 0 Å². The van der Waals surface area contributed by atoms with E-state index in [0.717, 1.165) is 11.1 Å². The summed E-state index contributed by atoms with van der Waals surface area (Å²) in [6.07, 6.45) is 1.16. The zero-order valence-electron chi connectivity index (χ0n) is 18.2. The van der Waals surface area contributed by atoms with E-state index < -0.39 is 23.7 Å². The molecule has 1 aromatic heterocycles. The van der Waals surface area contributed by atoms with Crippen LogP contribution in [-0.2, 0) is 22.6 Å². The number of aromatic nitrogens is 1. The van der Waals surface area contributed by atoms with Crippen LogP contribution in [0.1, 0.15) is 31.9 Å². The molecular weight excluding hydrogens is 398 g/mol. The third-order valence-corrected chi connectivity index (χ3v) is 5.06. The molecule has 1 fully saturated rings. The first-order valence-corrected chi connectivity index (χ1v) is 10.3. The van der Waals surface area contributed by atoms with Gasteiger partial charge in [0.25, 0.3) is 5.56 Å². The molecule has 8 heteroatoms. The van der Waals surface area contributed by atoms with Gasteiger partial charge in [-0.1, -0.05) is 30.3 Å².